The number of aliphatic hydroxyl groups excluding tert-OH is 1. The zero-order chi connectivity index (χ0) is 78.0. The molecule has 0 spiro atoms. The van der Waals surface area contributed by atoms with E-state index in [-0.39, 0.29) is 0 Å². The first-order chi connectivity index (χ1) is 49.7. The highest BCUT2D eigenvalue weighted by molar-refractivity contribution is 5.21. The molecule has 11 fully saturated rings. The van der Waals surface area contributed by atoms with Crippen LogP contribution < -0.4 is 0 Å². The minimum absolute atomic E-state index is 0.352. The topological polar surface area (TPSA) is 20.2 Å². The normalized spacial score (nSPS) is 28.4. The third-order valence-corrected chi connectivity index (χ3v) is 29.7. The van der Waals surface area contributed by atoms with E-state index < -0.39 is 0 Å². The molecule has 0 aromatic carbocycles. The van der Waals surface area contributed by atoms with Crippen LogP contribution in [0, 0.1) is 66.0 Å². The van der Waals surface area contributed by atoms with Gasteiger partial charge >= 0.3 is 0 Å². The lowest BCUT2D eigenvalue weighted by Crippen LogP contribution is -2.26. The highest BCUT2D eigenvalue weighted by atomic mass is 16.3. The van der Waals surface area contributed by atoms with Gasteiger partial charge in [-0.2, -0.15) is 0 Å². The van der Waals surface area contributed by atoms with Crippen molar-refractivity contribution in [2.45, 2.75) is 464 Å². The Balaban J connectivity index is 0.000000304. The molecule has 0 aromatic rings. The minimum Gasteiger partial charge on any atom is -0.396 e. The summed E-state index contributed by atoms with van der Waals surface area (Å²) in [5.41, 5.74) is 12.5. The fourth-order valence-electron chi connectivity index (χ4n) is 20.3. The zero-order valence-electron chi connectivity index (χ0n) is 74.1. The van der Waals surface area contributed by atoms with Crippen molar-refractivity contribution >= 4 is 0 Å². The Morgan fingerprint density at radius 2 is 0.686 bits per heavy atom. The van der Waals surface area contributed by atoms with Crippen molar-refractivity contribution in [1.29, 1.82) is 0 Å². The molecule has 2 atom stereocenters. The lowest BCUT2D eigenvalue weighted by atomic mass is 9.71. The summed E-state index contributed by atoms with van der Waals surface area (Å²) < 4.78 is 0. The molecule has 12 rings (SSSR count). The monoisotopic (exact) mass is 1450 g/mol. The molecule has 105 heavy (non-hydrogen) atoms. The molecule has 1 nitrogen and oxygen atoms in total. The molecule has 12 aliphatic carbocycles. The van der Waals surface area contributed by atoms with Crippen LogP contribution in [0.3, 0.4) is 0 Å². The molecule has 0 aliphatic heterocycles. The van der Waals surface area contributed by atoms with Gasteiger partial charge in [-0.3, -0.25) is 0 Å². The molecule has 0 bridgehead atoms. The van der Waals surface area contributed by atoms with Crippen LogP contribution in [0.2, 0.25) is 0 Å². The summed E-state index contributed by atoms with van der Waals surface area (Å²) in [5.74, 6) is 1.50. The Hall–Kier alpha value is -2.64. The third-order valence-electron chi connectivity index (χ3n) is 29.7. The second-order valence-electron chi connectivity index (χ2n) is 40.6. The van der Waals surface area contributed by atoms with E-state index in [1.54, 1.807) is 11.1 Å². The summed E-state index contributed by atoms with van der Waals surface area (Å²) in [7, 11) is 0. The van der Waals surface area contributed by atoms with Gasteiger partial charge in [0.05, 0.1) is 0 Å². The third kappa shape index (κ3) is 37.5. The number of rotatable bonds is 11. The quantitative estimate of drug-likeness (QED) is 0.161. The van der Waals surface area contributed by atoms with Gasteiger partial charge in [-0.25, -0.2) is 0 Å². The maximum absolute atomic E-state index is 9.33. The van der Waals surface area contributed by atoms with Gasteiger partial charge in [0, 0.05) is 6.61 Å². The van der Waals surface area contributed by atoms with Crippen LogP contribution in [0.1, 0.15) is 464 Å². The molecule has 1 N–H and O–H groups in total. The largest absolute Gasteiger partial charge is 0.396 e. The molecule has 0 radical (unpaired) electrons. The Bertz CT molecular complexity index is 2490. The van der Waals surface area contributed by atoms with Crippen molar-refractivity contribution in [3.63, 3.8) is 0 Å². The predicted octanol–water partition coefficient (Wildman–Crippen LogP) is 35.1. The fourth-order valence-corrected chi connectivity index (χ4v) is 20.3. The van der Waals surface area contributed by atoms with E-state index in [0.717, 1.165) is 5.92 Å². The van der Waals surface area contributed by atoms with E-state index in [1.165, 1.54) is 370 Å². The average molecular weight is 1450 g/mol. The molecule has 12 aliphatic rings. The lowest BCUT2D eigenvalue weighted by Gasteiger charge is -2.34. The molecule has 0 aromatic heterocycles. The molecule has 606 valence electrons. The fraction of sp³-hybridized carbons (Fsp3) is 0.808. The molecular formula is C104H184O. The SMILES string of the molecule is C/C=C/C1(C)CCCCC1.C=C(C)C1(C)CCCC1.C=C(C)C1(C)CCCCC1.C=CC1(C)CCCC1.C=CC1(C)CCCCC1.C=CC1(C)CCCCCC1.C=CC1(C)CCCCCCC1.CC(C)=CC1(C)CCC(C)CC1.CC1(C2=CCCC2)CCCC1CO.CC1(C=C2CCCC2)CCCCC1. The molecule has 0 amide bonds. The Morgan fingerprint density at radius 3 is 0.990 bits per heavy atom. The van der Waals surface area contributed by atoms with E-state index in [9.17, 15) is 5.11 Å². The van der Waals surface area contributed by atoms with E-state index in [2.05, 4.69) is 205 Å². The molecule has 2 unspecified atom stereocenters. The highest BCUT2D eigenvalue weighted by Crippen LogP contribution is 2.52. The van der Waals surface area contributed by atoms with Crippen LogP contribution in [0.25, 0.3) is 0 Å². The van der Waals surface area contributed by atoms with Gasteiger partial charge in [-0.05, 0) is 287 Å². The zero-order valence-corrected chi connectivity index (χ0v) is 74.1. The smallest absolute Gasteiger partial charge is 0.0467 e. The van der Waals surface area contributed by atoms with Crippen LogP contribution in [0.5, 0.6) is 0 Å². The summed E-state index contributed by atoms with van der Waals surface area (Å²) in [6, 6.07) is 0. The average Bonchev–Trinajstić information content (AvgIpc) is 1.63. The molecule has 11 saturated carbocycles. The second kappa shape index (κ2) is 49.7. The molecule has 1 heteroatoms. The number of hydrogen-bond donors (Lipinski definition) is 1. The summed E-state index contributed by atoms with van der Waals surface area (Å²) >= 11 is 0. The van der Waals surface area contributed by atoms with Gasteiger partial charge in [0.25, 0.3) is 0 Å². The van der Waals surface area contributed by atoms with Crippen LogP contribution in [-0.2, 0) is 0 Å². The van der Waals surface area contributed by atoms with Crippen molar-refractivity contribution in [3.8, 4) is 0 Å². The number of hydrogen-bond acceptors (Lipinski definition) is 1. The number of allylic oxidation sites excluding steroid dienone is 14. The van der Waals surface area contributed by atoms with Gasteiger partial charge in [0.15, 0.2) is 0 Å². The minimum atomic E-state index is 0.352. The maximum atomic E-state index is 9.33. The number of aliphatic hydroxyl groups is 1. The van der Waals surface area contributed by atoms with Crippen LogP contribution in [0.15, 0.2) is 122 Å². The Morgan fingerprint density at radius 1 is 0.371 bits per heavy atom. The van der Waals surface area contributed by atoms with Crippen LogP contribution in [0.4, 0.5) is 0 Å². The van der Waals surface area contributed by atoms with Crippen molar-refractivity contribution < 1.29 is 5.11 Å². The Labute approximate surface area is 659 Å². The van der Waals surface area contributed by atoms with Gasteiger partial charge in [0.2, 0.25) is 0 Å². The van der Waals surface area contributed by atoms with Crippen molar-refractivity contribution in [1.82, 2.24) is 0 Å². The predicted molar refractivity (Wildman–Crippen MR) is 476 cm³/mol. The second-order valence-corrected chi connectivity index (χ2v) is 40.6. The molecular weight excluding hydrogens is 1270 g/mol. The first-order valence-corrected chi connectivity index (χ1v) is 45.9. The van der Waals surface area contributed by atoms with Crippen molar-refractivity contribution in [3.05, 3.63) is 122 Å². The van der Waals surface area contributed by atoms with Crippen LogP contribution in [-0.4, -0.2) is 11.7 Å². The van der Waals surface area contributed by atoms with Gasteiger partial charge in [-0.15, -0.1) is 26.3 Å². The van der Waals surface area contributed by atoms with Gasteiger partial charge in [0.1, 0.15) is 0 Å². The molecule has 0 heterocycles. The van der Waals surface area contributed by atoms with Crippen LogP contribution >= 0.6 is 0 Å². The summed E-state index contributed by atoms with van der Waals surface area (Å²) in [5, 5.41) is 9.33. The standard InChI is InChI=1S/C13H22.C12H20O.C12H22.C11H20.3C10H18.2C9H16.C8H14/c1-13(9-5-2-6-10-13)11-12-7-3-4-8-12;1-12(10-5-2-3-6-10)8-4-7-11(12)9-13;1-10(2)9-12(4)7-5-11(3)6-8-12;1-3-11(2)9-7-5-4-6-8-10-11;1-9(2)10(3)7-5-4-6-8-10;1-3-10(2)8-6-4-5-7-9-10;1-3-7-10(2)8-5-4-6-9-10;1-8(2)9(3)6-4-5-7-9;1-3-9(2)7-5-4-6-8-9;1-3-8(2)6-4-5-7-8/h11H,2-10H2,1H3;5,11,13H,2-4,6-9H2,1H3;9,11H,5-8H2,1-4H3;3H,1,4-10H2,2H3;1,4-8H2,2-3H3;3H,1,4-9H2,2H3;3,7H,4-6,8-9H2,1-2H3;1,4-7H2,2-3H3;3H,1,4-8H2,2H3;3H,1,4-7H2,2H3/b;;;;;;7-3+;;;. The van der Waals surface area contributed by atoms with E-state index in [0.29, 0.717) is 66.7 Å². The van der Waals surface area contributed by atoms with E-state index >= 15 is 0 Å². The summed E-state index contributed by atoms with van der Waals surface area (Å²) in [4.78, 5) is 0. The first kappa shape index (κ1) is 96.6. The maximum Gasteiger partial charge on any atom is 0.0467 e. The van der Waals surface area contributed by atoms with Gasteiger partial charge < -0.3 is 5.11 Å². The molecule has 0 saturated heterocycles. The lowest BCUT2D eigenvalue weighted by molar-refractivity contribution is 0.155. The Kier molecular flexibility index (Phi) is 45.7. The van der Waals surface area contributed by atoms with E-state index in [4.69, 9.17) is 0 Å². The first-order valence-electron chi connectivity index (χ1n) is 45.9. The van der Waals surface area contributed by atoms with E-state index in [1.807, 2.05) is 0 Å². The van der Waals surface area contributed by atoms with Crippen molar-refractivity contribution in [2.24, 2.45) is 66.0 Å². The van der Waals surface area contributed by atoms with Crippen molar-refractivity contribution in [2.75, 3.05) is 6.61 Å². The summed E-state index contributed by atoms with van der Waals surface area (Å²) in [6.45, 7) is 60.8. The van der Waals surface area contributed by atoms with Gasteiger partial charge in [-0.1, -0.05) is 339 Å². The highest BCUT2D eigenvalue weighted by Gasteiger charge is 2.41. The summed E-state index contributed by atoms with van der Waals surface area (Å²) in [6.07, 6.45) is 97.3.